The number of rotatable bonds is 7. The lowest BCUT2D eigenvalue weighted by molar-refractivity contribution is 0.569. The highest BCUT2D eigenvalue weighted by Crippen LogP contribution is 1.79. The fourth-order valence-corrected chi connectivity index (χ4v) is 1.52. The molecule has 0 aliphatic heterocycles. The molecule has 13 heavy (non-hydrogen) atoms. The van der Waals surface area contributed by atoms with E-state index in [1.54, 1.807) is 12.2 Å². The van der Waals surface area contributed by atoms with Gasteiger partial charge in [0, 0.05) is 19.6 Å². The molecule has 0 aromatic heterocycles. The predicted octanol–water partition coefficient (Wildman–Crippen LogP) is -0.665. The van der Waals surface area contributed by atoms with Crippen LogP contribution in [0.3, 0.4) is 0 Å². The minimum atomic E-state index is -3.32. The molecule has 0 atom stereocenters. The monoisotopic (exact) mass is 207 g/mol. The van der Waals surface area contributed by atoms with Gasteiger partial charge in [-0.3, -0.25) is 0 Å². The molecule has 0 unspecified atom stereocenters. The Hall–Kier alpha value is -0.430. The second-order valence-corrected chi connectivity index (χ2v) is 4.04. The van der Waals surface area contributed by atoms with E-state index in [-0.39, 0.29) is 6.54 Å². The van der Waals surface area contributed by atoms with Crippen LogP contribution in [0.15, 0.2) is 12.2 Å². The van der Waals surface area contributed by atoms with Crippen molar-refractivity contribution in [3.05, 3.63) is 12.2 Å². The topological polar surface area (TPSA) is 84.2 Å². The Kier molecular flexibility index (Phi) is 6.79. The van der Waals surface area contributed by atoms with E-state index >= 15 is 0 Å². The van der Waals surface area contributed by atoms with Crippen LogP contribution in [0.4, 0.5) is 0 Å². The predicted molar refractivity (Wildman–Crippen MR) is 53.4 cm³/mol. The van der Waals surface area contributed by atoms with Crippen molar-refractivity contribution >= 4 is 10.2 Å². The summed E-state index contributed by atoms with van der Waals surface area (Å²) in [5, 5.41) is 0. The van der Waals surface area contributed by atoms with E-state index in [1.807, 2.05) is 6.92 Å². The van der Waals surface area contributed by atoms with Gasteiger partial charge in [0.05, 0.1) is 0 Å². The number of hydrogen-bond donors (Lipinski definition) is 3. The molecule has 5 nitrogen and oxygen atoms in total. The second-order valence-electron chi connectivity index (χ2n) is 2.45. The maximum absolute atomic E-state index is 11.1. The summed E-state index contributed by atoms with van der Waals surface area (Å²) in [5.41, 5.74) is 5.18. The van der Waals surface area contributed by atoms with Gasteiger partial charge in [0.25, 0.3) is 10.2 Å². The molecule has 78 valence electrons. The normalized spacial score (nSPS) is 12.5. The highest BCUT2D eigenvalue weighted by molar-refractivity contribution is 7.87. The van der Waals surface area contributed by atoms with E-state index in [2.05, 4.69) is 9.44 Å². The van der Waals surface area contributed by atoms with Crippen LogP contribution >= 0.6 is 0 Å². The molecule has 0 aromatic rings. The lowest BCUT2D eigenvalue weighted by atomic mass is 10.5. The molecular formula is C7H17N3O2S. The number of nitrogens with one attached hydrogen (secondary N) is 2. The van der Waals surface area contributed by atoms with Crippen LogP contribution in [0.2, 0.25) is 0 Å². The van der Waals surface area contributed by atoms with Crippen molar-refractivity contribution in [3.63, 3.8) is 0 Å². The summed E-state index contributed by atoms with van der Waals surface area (Å²) >= 11 is 0. The molecule has 0 spiro atoms. The first-order chi connectivity index (χ1) is 6.12. The summed E-state index contributed by atoms with van der Waals surface area (Å²) in [6.07, 6.45) is 4.15. The highest BCUT2D eigenvalue weighted by Gasteiger charge is 2.04. The molecule has 0 heterocycles. The van der Waals surface area contributed by atoms with E-state index in [1.165, 1.54) is 0 Å². The smallest absolute Gasteiger partial charge is 0.277 e. The largest absolute Gasteiger partial charge is 0.327 e. The van der Waals surface area contributed by atoms with Crippen molar-refractivity contribution in [2.45, 2.75) is 13.3 Å². The summed E-state index contributed by atoms with van der Waals surface area (Å²) in [6.45, 7) is 3.05. The Morgan fingerprint density at radius 1 is 1.31 bits per heavy atom. The zero-order chi connectivity index (χ0) is 10.2. The van der Waals surface area contributed by atoms with Gasteiger partial charge >= 0.3 is 0 Å². The maximum atomic E-state index is 11.1. The van der Waals surface area contributed by atoms with E-state index in [0.717, 1.165) is 6.42 Å². The molecular weight excluding hydrogens is 190 g/mol. The summed E-state index contributed by atoms with van der Waals surface area (Å²) in [5.74, 6) is 0. The van der Waals surface area contributed by atoms with Crippen molar-refractivity contribution in [2.24, 2.45) is 5.73 Å². The molecule has 6 heteroatoms. The van der Waals surface area contributed by atoms with Crippen molar-refractivity contribution in [1.82, 2.24) is 9.44 Å². The first-order valence-electron chi connectivity index (χ1n) is 4.21. The zero-order valence-electron chi connectivity index (χ0n) is 7.79. The number of nitrogens with two attached hydrogens (primary N) is 1. The molecule has 0 aliphatic rings. The SMILES string of the molecule is CCCNS(=O)(=O)NC/C=C/CN. The highest BCUT2D eigenvalue weighted by atomic mass is 32.2. The standard InChI is InChI=1S/C7H17N3O2S/c1-2-6-9-13(11,12)10-7-4-3-5-8/h3-4,9-10H,2,5-8H2,1H3/b4-3+. The fraction of sp³-hybridized carbons (Fsp3) is 0.714. The van der Waals surface area contributed by atoms with Gasteiger partial charge < -0.3 is 5.73 Å². The number of hydrogen-bond acceptors (Lipinski definition) is 3. The summed E-state index contributed by atoms with van der Waals surface area (Å²) in [6, 6.07) is 0. The Bertz CT molecular complexity index is 236. The first kappa shape index (κ1) is 12.6. The molecule has 0 radical (unpaired) electrons. The molecule has 0 aromatic carbocycles. The lowest BCUT2D eigenvalue weighted by Crippen LogP contribution is -2.36. The third kappa shape index (κ3) is 7.92. The summed E-state index contributed by atoms with van der Waals surface area (Å²) in [7, 11) is -3.32. The van der Waals surface area contributed by atoms with Gasteiger partial charge in [0.15, 0.2) is 0 Å². The molecule has 0 rings (SSSR count). The van der Waals surface area contributed by atoms with Crippen LogP contribution < -0.4 is 15.2 Å². The molecule has 0 aliphatic carbocycles. The summed E-state index contributed by atoms with van der Waals surface area (Å²) < 4.78 is 26.9. The Balaban J connectivity index is 3.70. The minimum Gasteiger partial charge on any atom is -0.327 e. The van der Waals surface area contributed by atoms with Crippen LogP contribution in [0.25, 0.3) is 0 Å². The maximum Gasteiger partial charge on any atom is 0.277 e. The van der Waals surface area contributed by atoms with Gasteiger partial charge in [-0.25, -0.2) is 4.72 Å². The second kappa shape index (κ2) is 7.02. The average molecular weight is 207 g/mol. The van der Waals surface area contributed by atoms with Gasteiger partial charge in [0.1, 0.15) is 0 Å². The molecule has 0 amide bonds. The molecule has 0 saturated heterocycles. The molecule has 0 fully saturated rings. The van der Waals surface area contributed by atoms with E-state index < -0.39 is 10.2 Å². The summed E-state index contributed by atoms with van der Waals surface area (Å²) in [4.78, 5) is 0. The average Bonchev–Trinajstić information content (AvgIpc) is 2.09. The Labute approximate surface area is 79.6 Å². The van der Waals surface area contributed by atoms with Gasteiger partial charge in [-0.1, -0.05) is 19.1 Å². The van der Waals surface area contributed by atoms with Crippen LogP contribution in [-0.2, 0) is 10.2 Å². The third-order valence-corrected chi connectivity index (χ3v) is 2.37. The van der Waals surface area contributed by atoms with Crippen molar-refractivity contribution in [3.8, 4) is 0 Å². The van der Waals surface area contributed by atoms with Gasteiger partial charge in [-0.2, -0.15) is 13.1 Å². The van der Waals surface area contributed by atoms with E-state index in [4.69, 9.17) is 5.73 Å². The molecule has 4 N–H and O–H groups in total. The quantitative estimate of drug-likeness (QED) is 0.484. The lowest BCUT2D eigenvalue weighted by Gasteiger charge is -2.04. The minimum absolute atomic E-state index is 0.274. The van der Waals surface area contributed by atoms with Crippen LogP contribution in [0, 0.1) is 0 Å². The molecule has 0 saturated carbocycles. The van der Waals surface area contributed by atoms with Gasteiger partial charge in [-0.05, 0) is 6.42 Å². The Morgan fingerprint density at radius 3 is 2.54 bits per heavy atom. The third-order valence-electron chi connectivity index (χ3n) is 1.24. The van der Waals surface area contributed by atoms with Crippen molar-refractivity contribution in [1.29, 1.82) is 0 Å². The zero-order valence-corrected chi connectivity index (χ0v) is 8.60. The fourth-order valence-electron chi connectivity index (χ4n) is 0.625. The van der Waals surface area contributed by atoms with E-state index in [0.29, 0.717) is 13.1 Å². The van der Waals surface area contributed by atoms with Crippen LogP contribution in [-0.4, -0.2) is 28.1 Å². The van der Waals surface area contributed by atoms with Gasteiger partial charge in [-0.15, -0.1) is 0 Å². The van der Waals surface area contributed by atoms with Crippen molar-refractivity contribution < 1.29 is 8.42 Å². The van der Waals surface area contributed by atoms with Gasteiger partial charge in [0.2, 0.25) is 0 Å². The Morgan fingerprint density at radius 2 is 2.00 bits per heavy atom. The van der Waals surface area contributed by atoms with Crippen LogP contribution in [0.5, 0.6) is 0 Å². The molecule has 0 bridgehead atoms. The van der Waals surface area contributed by atoms with E-state index in [9.17, 15) is 8.42 Å². The van der Waals surface area contributed by atoms with Crippen LogP contribution in [0.1, 0.15) is 13.3 Å². The van der Waals surface area contributed by atoms with Crippen molar-refractivity contribution in [2.75, 3.05) is 19.6 Å². The first-order valence-corrected chi connectivity index (χ1v) is 5.70.